The Morgan fingerprint density at radius 1 is 0.911 bits per heavy atom. The average Bonchev–Trinajstić information content (AvgIpc) is 3.82. The van der Waals surface area contributed by atoms with Crippen molar-refractivity contribution < 1.29 is 24.0 Å². The Labute approximate surface area is 260 Å². The number of nitrogens with one attached hydrogen (secondary N) is 4. The Hall–Kier alpha value is -5.25. The molecule has 6 rings (SSSR count). The van der Waals surface area contributed by atoms with E-state index in [4.69, 9.17) is 0 Å². The quantitative estimate of drug-likeness (QED) is 0.206. The van der Waals surface area contributed by atoms with Gasteiger partial charge in [0.05, 0.1) is 6.04 Å². The van der Waals surface area contributed by atoms with Crippen LogP contribution >= 0.6 is 0 Å². The lowest BCUT2D eigenvalue weighted by atomic mass is 9.94. The van der Waals surface area contributed by atoms with Gasteiger partial charge in [-0.1, -0.05) is 78.9 Å². The number of para-hydroxylation sites is 1. The second-order valence-electron chi connectivity index (χ2n) is 11.7. The Morgan fingerprint density at radius 2 is 1.62 bits per heavy atom. The largest absolute Gasteiger partial charge is 0.356 e. The summed E-state index contributed by atoms with van der Waals surface area (Å²) in [6.07, 6.45) is 0.821. The summed E-state index contributed by atoms with van der Waals surface area (Å²) in [6, 6.07) is 26.1. The summed E-state index contributed by atoms with van der Waals surface area (Å²) in [5.74, 6) is -3.39. The monoisotopic (exact) mass is 605 g/mol. The maximum atomic E-state index is 14.0. The van der Waals surface area contributed by atoms with Crippen LogP contribution in [0.3, 0.4) is 0 Å². The molecule has 10 nitrogen and oxygen atoms in total. The van der Waals surface area contributed by atoms with Crippen LogP contribution in [0.4, 0.5) is 0 Å². The lowest BCUT2D eigenvalue weighted by Gasteiger charge is -2.26. The highest BCUT2D eigenvalue weighted by Gasteiger charge is 2.43. The number of Topliss-reactive ketones (excluding diaryl/α,β-unsaturated/α-hetero) is 1. The maximum Gasteiger partial charge on any atom is 0.289 e. The zero-order chi connectivity index (χ0) is 31.3. The predicted molar refractivity (Wildman–Crippen MR) is 168 cm³/mol. The van der Waals surface area contributed by atoms with Crippen molar-refractivity contribution in [3.63, 3.8) is 0 Å². The maximum absolute atomic E-state index is 14.0. The first-order valence-corrected chi connectivity index (χ1v) is 15.2. The van der Waals surface area contributed by atoms with Crippen molar-refractivity contribution in [2.45, 2.75) is 43.8 Å². The molecule has 0 saturated carbocycles. The van der Waals surface area contributed by atoms with Crippen LogP contribution in [0.5, 0.6) is 0 Å². The van der Waals surface area contributed by atoms with E-state index in [1.54, 1.807) is 6.07 Å². The molecule has 4 unspecified atom stereocenters. The molecule has 3 aromatic carbocycles. The highest BCUT2D eigenvalue weighted by Crippen LogP contribution is 2.33. The van der Waals surface area contributed by atoms with Crippen LogP contribution in [0.1, 0.15) is 46.8 Å². The van der Waals surface area contributed by atoms with Crippen molar-refractivity contribution in [1.82, 2.24) is 25.8 Å². The standard InChI is InChI=1S/C35H35N5O5/c41-31(34(44)37-20-22-9-3-1-4-10-22)28(18-25-15-16-36-32(25)42)39-33(43)30-19-26(23-11-5-2-6-12-23)21-40(30)35(45)29-17-24-13-7-8-14-27(24)38-29/h1-14,17,25-26,28,30,38H,15-16,18-21H2,(H,36,42)(H,37,44)(H,39,43). The van der Waals surface area contributed by atoms with Crippen LogP contribution in [-0.4, -0.2) is 64.5 Å². The van der Waals surface area contributed by atoms with Gasteiger partial charge in [0.1, 0.15) is 11.7 Å². The smallest absolute Gasteiger partial charge is 0.289 e. The third-order valence-corrected chi connectivity index (χ3v) is 8.73. The van der Waals surface area contributed by atoms with Gasteiger partial charge < -0.3 is 25.8 Å². The van der Waals surface area contributed by atoms with E-state index >= 15 is 0 Å². The van der Waals surface area contributed by atoms with Gasteiger partial charge in [-0.05, 0) is 42.5 Å². The first-order chi connectivity index (χ1) is 21.9. The Balaban J connectivity index is 1.24. The minimum atomic E-state index is -1.23. The molecule has 2 fully saturated rings. The number of aromatic nitrogens is 1. The van der Waals surface area contributed by atoms with Gasteiger partial charge in [-0.3, -0.25) is 24.0 Å². The highest BCUT2D eigenvalue weighted by atomic mass is 16.2. The van der Waals surface area contributed by atoms with Crippen LogP contribution in [0.2, 0.25) is 0 Å². The lowest BCUT2D eigenvalue weighted by Crippen LogP contribution is -2.54. The molecule has 3 heterocycles. The van der Waals surface area contributed by atoms with Gasteiger partial charge in [-0.15, -0.1) is 0 Å². The number of hydrogen-bond donors (Lipinski definition) is 4. The first kappa shape index (κ1) is 29.8. The second-order valence-corrected chi connectivity index (χ2v) is 11.7. The molecule has 4 N–H and O–H groups in total. The number of ketones is 1. The molecule has 230 valence electrons. The van der Waals surface area contributed by atoms with E-state index < -0.39 is 35.6 Å². The summed E-state index contributed by atoms with van der Waals surface area (Å²) in [6.45, 7) is 0.911. The fourth-order valence-electron chi connectivity index (χ4n) is 6.30. The zero-order valence-electron chi connectivity index (χ0n) is 24.7. The number of carbonyl (C=O) groups excluding carboxylic acids is 5. The van der Waals surface area contributed by atoms with Crippen molar-refractivity contribution in [2.24, 2.45) is 5.92 Å². The Bertz CT molecular complexity index is 1690. The fourth-order valence-corrected chi connectivity index (χ4v) is 6.30. The highest BCUT2D eigenvalue weighted by molar-refractivity contribution is 6.38. The molecule has 0 spiro atoms. The molecule has 1 aromatic heterocycles. The number of nitrogens with zero attached hydrogens (tertiary/aromatic N) is 1. The van der Waals surface area contributed by atoms with Crippen LogP contribution in [0.15, 0.2) is 91.0 Å². The van der Waals surface area contributed by atoms with Crippen molar-refractivity contribution in [3.8, 4) is 0 Å². The Morgan fingerprint density at radius 3 is 2.33 bits per heavy atom. The van der Waals surface area contributed by atoms with Gasteiger partial charge in [-0.2, -0.15) is 0 Å². The van der Waals surface area contributed by atoms with E-state index in [-0.39, 0.29) is 30.7 Å². The number of rotatable bonds is 10. The van der Waals surface area contributed by atoms with E-state index in [9.17, 15) is 24.0 Å². The summed E-state index contributed by atoms with van der Waals surface area (Å²) in [7, 11) is 0. The SMILES string of the molecule is O=C(NCc1ccccc1)C(=O)C(CC1CCNC1=O)NC(=O)C1CC(c2ccccc2)CN1C(=O)c1cc2ccccc2[nH]1. The van der Waals surface area contributed by atoms with Crippen molar-refractivity contribution >= 4 is 40.3 Å². The minimum absolute atomic E-state index is 0.0139. The predicted octanol–water partition coefficient (Wildman–Crippen LogP) is 3.06. The molecule has 45 heavy (non-hydrogen) atoms. The molecule has 4 aromatic rings. The molecule has 4 amide bonds. The molecule has 0 radical (unpaired) electrons. The third-order valence-electron chi connectivity index (χ3n) is 8.73. The summed E-state index contributed by atoms with van der Waals surface area (Å²) >= 11 is 0. The second kappa shape index (κ2) is 13.2. The van der Waals surface area contributed by atoms with Gasteiger partial charge >= 0.3 is 0 Å². The van der Waals surface area contributed by atoms with Crippen LogP contribution in [0, 0.1) is 5.92 Å². The molecule has 4 atom stereocenters. The number of carbonyl (C=O) groups is 5. The van der Waals surface area contributed by atoms with Crippen molar-refractivity contribution in [2.75, 3.05) is 13.1 Å². The van der Waals surface area contributed by atoms with Crippen LogP contribution in [0.25, 0.3) is 10.9 Å². The van der Waals surface area contributed by atoms with Gasteiger partial charge in [0.15, 0.2) is 0 Å². The summed E-state index contributed by atoms with van der Waals surface area (Å²) in [5, 5.41) is 9.06. The summed E-state index contributed by atoms with van der Waals surface area (Å²) in [5.41, 5.74) is 2.98. The molecular formula is C35H35N5O5. The average molecular weight is 606 g/mol. The lowest BCUT2D eigenvalue weighted by molar-refractivity contribution is -0.141. The first-order valence-electron chi connectivity index (χ1n) is 15.2. The number of hydrogen-bond acceptors (Lipinski definition) is 5. The summed E-state index contributed by atoms with van der Waals surface area (Å²) < 4.78 is 0. The van der Waals surface area contributed by atoms with Crippen molar-refractivity contribution in [1.29, 1.82) is 0 Å². The minimum Gasteiger partial charge on any atom is -0.356 e. The summed E-state index contributed by atoms with van der Waals surface area (Å²) in [4.78, 5) is 71.6. The zero-order valence-corrected chi connectivity index (χ0v) is 24.7. The number of aromatic amines is 1. The van der Waals surface area contributed by atoms with E-state index in [1.165, 1.54) is 4.90 Å². The fraction of sp³-hybridized carbons (Fsp3) is 0.286. The number of amides is 4. The molecule has 0 bridgehead atoms. The molecule has 2 aliphatic rings. The van der Waals surface area contributed by atoms with E-state index in [2.05, 4.69) is 20.9 Å². The van der Waals surface area contributed by atoms with Gasteiger partial charge in [0, 0.05) is 42.4 Å². The van der Waals surface area contributed by atoms with Gasteiger partial charge in [0.2, 0.25) is 17.6 Å². The van der Waals surface area contributed by atoms with E-state index in [0.717, 1.165) is 22.0 Å². The molecular weight excluding hydrogens is 570 g/mol. The van der Waals surface area contributed by atoms with Crippen LogP contribution in [-0.2, 0) is 25.7 Å². The van der Waals surface area contributed by atoms with Gasteiger partial charge in [-0.25, -0.2) is 0 Å². The van der Waals surface area contributed by atoms with Crippen LogP contribution < -0.4 is 16.0 Å². The number of H-pyrrole nitrogens is 1. The topological polar surface area (TPSA) is 140 Å². The van der Waals surface area contributed by atoms with E-state index in [0.29, 0.717) is 31.6 Å². The number of benzene rings is 3. The third kappa shape index (κ3) is 6.64. The van der Waals surface area contributed by atoms with Crippen molar-refractivity contribution in [3.05, 3.63) is 108 Å². The van der Waals surface area contributed by atoms with E-state index in [1.807, 2.05) is 84.9 Å². The normalized spacial score (nSPS) is 20.0. The molecule has 10 heteroatoms. The Kier molecular flexibility index (Phi) is 8.72. The number of fused-ring (bicyclic) bond motifs is 1. The molecule has 2 saturated heterocycles. The molecule has 2 aliphatic heterocycles. The van der Waals surface area contributed by atoms with Gasteiger partial charge in [0.25, 0.3) is 11.8 Å². The number of likely N-dealkylation sites (tertiary alicyclic amines) is 1. The molecule has 0 aliphatic carbocycles.